The van der Waals surface area contributed by atoms with E-state index in [2.05, 4.69) is 45.6 Å². The summed E-state index contributed by atoms with van der Waals surface area (Å²) >= 11 is 0. The summed E-state index contributed by atoms with van der Waals surface area (Å²) < 4.78 is 18.5. The van der Waals surface area contributed by atoms with E-state index in [0.29, 0.717) is 11.8 Å². The fourth-order valence-electron chi connectivity index (χ4n) is 8.85. The Morgan fingerprint density at radius 2 is 1.69 bits per heavy atom. The maximum absolute atomic E-state index is 13.0. The first-order chi connectivity index (χ1) is 15.0. The molecule has 32 heavy (non-hydrogen) atoms. The van der Waals surface area contributed by atoms with E-state index >= 15 is 0 Å². The molecule has 0 bridgehead atoms. The van der Waals surface area contributed by atoms with Crippen LogP contribution in [0.1, 0.15) is 65.2 Å². The average Bonchev–Trinajstić information content (AvgIpc) is 3.40. The Morgan fingerprint density at radius 3 is 2.38 bits per heavy atom. The molecule has 4 aliphatic carbocycles. The van der Waals surface area contributed by atoms with Crippen LogP contribution in [0.3, 0.4) is 0 Å². The van der Waals surface area contributed by atoms with Crippen molar-refractivity contribution in [1.29, 1.82) is 0 Å². The van der Waals surface area contributed by atoms with Crippen LogP contribution in [0.2, 0.25) is 19.6 Å². The number of fused-ring (bicyclic) bond motifs is 6. The summed E-state index contributed by atoms with van der Waals surface area (Å²) in [5, 5.41) is 1.02. The number of allylic oxidation sites excluding steroid dienone is 1. The lowest BCUT2D eigenvalue weighted by Gasteiger charge is -2.59. The first-order valence-corrected chi connectivity index (χ1v) is 16.5. The molecule has 0 N–H and O–H groups in total. The van der Waals surface area contributed by atoms with E-state index in [0.717, 1.165) is 43.6 Å². The van der Waals surface area contributed by atoms with Crippen LogP contribution in [0, 0.1) is 28.6 Å². The van der Waals surface area contributed by atoms with Crippen molar-refractivity contribution in [3.05, 3.63) is 22.9 Å². The summed E-state index contributed by atoms with van der Waals surface area (Å²) in [6.45, 7) is 13.3. The Hall–Kier alpha value is -0.913. The molecule has 4 fully saturated rings. The molecule has 0 aromatic heterocycles. The van der Waals surface area contributed by atoms with Crippen LogP contribution in [0.25, 0.3) is 0 Å². The molecule has 6 rings (SSSR count). The molecule has 2 aliphatic heterocycles. The van der Waals surface area contributed by atoms with Crippen LogP contribution >= 0.6 is 0 Å². The van der Waals surface area contributed by atoms with Crippen LogP contribution in [0.15, 0.2) is 22.9 Å². The molecule has 6 atom stereocenters. The van der Waals surface area contributed by atoms with Gasteiger partial charge in [0.25, 0.3) is 0 Å². The minimum atomic E-state index is -1.70. The van der Waals surface area contributed by atoms with Gasteiger partial charge in [-0.05, 0) is 67.8 Å². The third-order valence-corrected chi connectivity index (χ3v) is 12.8. The second-order valence-electron chi connectivity index (χ2n) is 13.1. The van der Waals surface area contributed by atoms with E-state index in [1.54, 1.807) is 5.57 Å². The highest BCUT2D eigenvalue weighted by Crippen LogP contribution is 2.69. The van der Waals surface area contributed by atoms with Gasteiger partial charge < -0.3 is 14.2 Å². The van der Waals surface area contributed by atoms with E-state index in [4.69, 9.17) is 14.2 Å². The monoisotopic (exact) mass is 456 g/mol. The van der Waals surface area contributed by atoms with E-state index in [1.807, 2.05) is 0 Å². The minimum absolute atomic E-state index is 0.0138. The zero-order valence-electron chi connectivity index (χ0n) is 20.6. The van der Waals surface area contributed by atoms with Gasteiger partial charge in [0.15, 0.2) is 5.79 Å². The van der Waals surface area contributed by atoms with Crippen molar-refractivity contribution in [3.63, 3.8) is 0 Å². The second-order valence-corrected chi connectivity index (χ2v) is 18.2. The quantitative estimate of drug-likeness (QED) is 0.284. The molecule has 2 spiro atoms. The summed E-state index contributed by atoms with van der Waals surface area (Å²) in [5.74, 6) is 1.71. The highest BCUT2D eigenvalue weighted by molar-refractivity contribution is 6.87. The third-order valence-electron chi connectivity index (χ3n) is 10.8. The summed E-state index contributed by atoms with van der Waals surface area (Å²) in [6.07, 6.45) is 13.8. The highest BCUT2D eigenvalue weighted by Gasteiger charge is 2.67. The predicted molar refractivity (Wildman–Crippen MR) is 127 cm³/mol. The van der Waals surface area contributed by atoms with E-state index in [9.17, 15) is 4.79 Å². The van der Waals surface area contributed by atoms with Gasteiger partial charge in [0.1, 0.15) is 5.60 Å². The van der Waals surface area contributed by atoms with E-state index < -0.39 is 8.07 Å². The van der Waals surface area contributed by atoms with Gasteiger partial charge in [-0.25, -0.2) is 4.79 Å². The van der Waals surface area contributed by atoms with Gasteiger partial charge >= 0.3 is 5.97 Å². The molecule has 0 unspecified atom stereocenters. The summed E-state index contributed by atoms with van der Waals surface area (Å²) in [5.41, 5.74) is 1.58. The van der Waals surface area contributed by atoms with Crippen molar-refractivity contribution >= 4 is 14.0 Å². The molecule has 0 amide bonds. The van der Waals surface area contributed by atoms with Crippen molar-refractivity contribution < 1.29 is 19.0 Å². The number of rotatable bonds is 1. The molecule has 2 heterocycles. The first kappa shape index (κ1) is 21.6. The molecular weight excluding hydrogens is 416 g/mol. The molecule has 5 heteroatoms. The molecule has 0 aromatic rings. The number of hydrogen-bond donors (Lipinski definition) is 0. The molecule has 1 saturated heterocycles. The van der Waals surface area contributed by atoms with Gasteiger partial charge in [0.05, 0.1) is 21.3 Å². The number of carbonyl (C=O) groups excluding carboxylic acids is 1. The number of hydrogen-bond acceptors (Lipinski definition) is 4. The van der Waals surface area contributed by atoms with Crippen LogP contribution in [-0.4, -0.2) is 38.6 Å². The Kier molecular flexibility index (Phi) is 4.46. The average molecular weight is 457 g/mol. The Labute approximate surface area is 194 Å². The van der Waals surface area contributed by atoms with Crippen LogP contribution in [0.5, 0.6) is 0 Å². The van der Waals surface area contributed by atoms with Gasteiger partial charge in [-0.1, -0.05) is 45.1 Å². The Bertz CT molecular complexity index is 909. The smallest absolute Gasteiger partial charge is 0.330 e. The number of carbonyl (C=O) groups is 1. The lowest BCUT2D eigenvalue weighted by Crippen LogP contribution is -2.55. The van der Waals surface area contributed by atoms with Crippen LogP contribution in [-0.2, 0) is 19.0 Å². The minimum Gasteiger partial charge on any atom is -0.451 e. The maximum atomic E-state index is 13.0. The lowest BCUT2D eigenvalue weighted by atomic mass is 9.46. The normalized spacial score (nSPS) is 47.0. The van der Waals surface area contributed by atoms with Gasteiger partial charge in [0, 0.05) is 23.5 Å². The van der Waals surface area contributed by atoms with Crippen molar-refractivity contribution in [2.75, 3.05) is 13.2 Å². The van der Waals surface area contributed by atoms with E-state index in [-0.39, 0.29) is 28.2 Å². The van der Waals surface area contributed by atoms with Gasteiger partial charge in [-0.3, -0.25) is 0 Å². The Morgan fingerprint density at radius 1 is 0.969 bits per heavy atom. The summed E-state index contributed by atoms with van der Waals surface area (Å²) in [4.78, 5) is 13.0. The SMILES string of the molecule is C[C@]12CCC3(CC1=CC[C@@H]1[C@@H]2CC[C@@]2(C)[C@H]1CC[C@@]21C=C([Si](C)(C)C)C(=O)O1)OCCO3. The number of esters is 1. The molecule has 3 saturated carbocycles. The molecule has 4 nitrogen and oxygen atoms in total. The molecule has 0 aromatic carbocycles. The largest absolute Gasteiger partial charge is 0.451 e. The summed E-state index contributed by atoms with van der Waals surface area (Å²) in [6, 6.07) is 0. The second kappa shape index (κ2) is 6.60. The van der Waals surface area contributed by atoms with Crippen LogP contribution < -0.4 is 0 Å². The molecule has 176 valence electrons. The molecular formula is C27H40O4Si. The topological polar surface area (TPSA) is 44.8 Å². The molecule has 0 radical (unpaired) electrons. The zero-order chi connectivity index (χ0) is 22.6. The van der Waals surface area contributed by atoms with Crippen molar-refractivity contribution in [2.45, 2.75) is 96.2 Å². The fraction of sp³-hybridized carbons (Fsp3) is 0.815. The third kappa shape index (κ3) is 2.71. The summed E-state index contributed by atoms with van der Waals surface area (Å²) in [7, 11) is -1.70. The standard InChI is InChI=1S/C27H40O4Si/c1-24-12-13-27(29-14-15-30-27)16-18(24)6-7-19-20(24)8-10-25(2)21(19)9-11-26(25)17-22(23(28)31-26)32(3,4)5/h6,17,19-21H,7-16H2,1-5H3/t19-,20+,21+,24+,25+,26-/m1/s1. The Balaban J connectivity index is 1.32. The van der Waals surface area contributed by atoms with E-state index in [1.165, 1.54) is 32.1 Å². The predicted octanol–water partition coefficient (Wildman–Crippen LogP) is 5.79. The van der Waals surface area contributed by atoms with Gasteiger partial charge in [-0.15, -0.1) is 0 Å². The van der Waals surface area contributed by atoms with Crippen molar-refractivity contribution in [3.8, 4) is 0 Å². The highest BCUT2D eigenvalue weighted by atomic mass is 28.3. The van der Waals surface area contributed by atoms with Crippen LogP contribution in [0.4, 0.5) is 0 Å². The molecule has 6 aliphatic rings. The lowest BCUT2D eigenvalue weighted by molar-refractivity contribution is -0.187. The van der Waals surface area contributed by atoms with Gasteiger partial charge in [-0.2, -0.15) is 0 Å². The first-order valence-electron chi connectivity index (χ1n) is 13.0. The van der Waals surface area contributed by atoms with Gasteiger partial charge in [0.2, 0.25) is 0 Å². The zero-order valence-corrected chi connectivity index (χ0v) is 21.6. The van der Waals surface area contributed by atoms with Crippen molar-refractivity contribution in [1.82, 2.24) is 0 Å². The fourth-order valence-corrected chi connectivity index (χ4v) is 10.2. The number of ether oxygens (including phenoxy) is 3. The maximum Gasteiger partial charge on any atom is 0.330 e. The van der Waals surface area contributed by atoms with Crippen molar-refractivity contribution in [2.24, 2.45) is 28.6 Å².